The predicted octanol–water partition coefficient (Wildman–Crippen LogP) is 2.57. The number of hydrogen-bond acceptors (Lipinski definition) is 5. The van der Waals surface area contributed by atoms with Gasteiger partial charge in [-0.2, -0.15) is 0 Å². The van der Waals surface area contributed by atoms with Crippen molar-refractivity contribution in [3.05, 3.63) is 47.8 Å². The molecule has 1 aromatic heterocycles. The first-order chi connectivity index (χ1) is 10.2. The first-order valence-corrected chi connectivity index (χ1v) is 6.82. The molecule has 1 heterocycles. The molecule has 0 saturated heterocycles. The number of hydrogen-bond donors (Lipinski definition) is 0. The minimum Gasteiger partial charge on any atom is -0.460 e. The van der Waals surface area contributed by atoms with Gasteiger partial charge in [0.25, 0.3) is 0 Å². The summed E-state index contributed by atoms with van der Waals surface area (Å²) in [4.78, 5) is 19.7. The number of ether oxygens (including phenoxy) is 2. The quantitative estimate of drug-likeness (QED) is 0.447. The minimum atomic E-state index is -0.407. The van der Waals surface area contributed by atoms with Gasteiger partial charge in [-0.3, -0.25) is 9.97 Å². The van der Waals surface area contributed by atoms with Gasteiger partial charge in [0.05, 0.1) is 17.1 Å². The summed E-state index contributed by atoms with van der Waals surface area (Å²) in [5.74, 6) is -0.407. The van der Waals surface area contributed by atoms with Crippen molar-refractivity contribution in [1.29, 1.82) is 0 Å². The van der Waals surface area contributed by atoms with E-state index in [-0.39, 0.29) is 13.2 Å². The van der Waals surface area contributed by atoms with Crippen molar-refractivity contribution in [1.82, 2.24) is 9.97 Å². The summed E-state index contributed by atoms with van der Waals surface area (Å²) in [7, 11) is 0. The van der Waals surface area contributed by atoms with Crippen LogP contribution in [-0.2, 0) is 20.7 Å². The Morgan fingerprint density at radius 3 is 2.81 bits per heavy atom. The summed E-state index contributed by atoms with van der Waals surface area (Å²) in [5, 5.41) is 0.566. The predicted molar refractivity (Wildman–Crippen MR) is 80.2 cm³/mol. The maximum Gasteiger partial charge on any atom is 0.332 e. The van der Waals surface area contributed by atoms with E-state index in [1.807, 2.05) is 6.07 Å². The molecule has 2 aromatic rings. The molecule has 110 valence electrons. The highest BCUT2D eigenvalue weighted by atomic mass is 35.5. The number of fused-ring (bicyclic) bond motifs is 1. The number of aromatic nitrogens is 2. The molecule has 0 aliphatic heterocycles. The zero-order valence-corrected chi connectivity index (χ0v) is 12.2. The van der Waals surface area contributed by atoms with Gasteiger partial charge < -0.3 is 9.47 Å². The summed E-state index contributed by atoms with van der Waals surface area (Å²) in [6.45, 7) is 3.96. The van der Waals surface area contributed by atoms with Crippen LogP contribution in [0.3, 0.4) is 0 Å². The third-order valence-corrected chi connectivity index (χ3v) is 3.06. The average Bonchev–Trinajstić information content (AvgIpc) is 2.51. The highest BCUT2D eigenvalue weighted by Gasteiger charge is 2.07. The van der Waals surface area contributed by atoms with Crippen LogP contribution in [0.1, 0.15) is 5.56 Å². The maximum atomic E-state index is 11.2. The molecule has 0 saturated carbocycles. The van der Waals surface area contributed by atoms with Crippen molar-refractivity contribution in [2.75, 3.05) is 19.8 Å². The standard InChI is InChI=1S/C15H15ClN2O3/c1-2-8-21-13(19)10-20-9-5-11-3-4-12(16)15-14(11)17-6-7-18-15/h2-4,6-7H,1,5,8-10H2. The van der Waals surface area contributed by atoms with Crippen LogP contribution in [0.25, 0.3) is 11.0 Å². The van der Waals surface area contributed by atoms with Gasteiger partial charge in [-0.05, 0) is 18.1 Å². The second kappa shape index (κ2) is 7.71. The van der Waals surface area contributed by atoms with Gasteiger partial charge in [0.15, 0.2) is 0 Å². The van der Waals surface area contributed by atoms with E-state index in [0.29, 0.717) is 23.6 Å². The second-order valence-electron chi connectivity index (χ2n) is 4.23. The van der Waals surface area contributed by atoms with E-state index in [4.69, 9.17) is 21.1 Å². The van der Waals surface area contributed by atoms with Gasteiger partial charge in [0.1, 0.15) is 18.7 Å². The molecule has 5 nitrogen and oxygen atoms in total. The zero-order valence-electron chi connectivity index (χ0n) is 11.4. The van der Waals surface area contributed by atoms with Gasteiger partial charge in [-0.25, -0.2) is 4.79 Å². The Hall–Kier alpha value is -1.98. The molecular weight excluding hydrogens is 292 g/mol. The van der Waals surface area contributed by atoms with Crippen molar-refractivity contribution in [3.8, 4) is 0 Å². The summed E-state index contributed by atoms with van der Waals surface area (Å²) in [5.41, 5.74) is 2.40. The third-order valence-electron chi connectivity index (χ3n) is 2.76. The molecule has 0 spiro atoms. The fourth-order valence-corrected chi connectivity index (χ4v) is 2.01. The lowest BCUT2D eigenvalue weighted by Crippen LogP contribution is -2.14. The van der Waals surface area contributed by atoms with Crippen LogP contribution in [-0.4, -0.2) is 35.8 Å². The Labute approximate surface area is 127 Å². The molecule has 0 aliphatic carbocycles. The topological polar surface area (TPSA) is 61.3 Å². The van der Waals surface area contributed by atoms with Gasteiger partial charge >= 0.3 is 5.97 Å². The lowest BCUT2D eigenvalue weighted by molar-refractivity contribution is -0.147. The fourth-order valence-electron chi connectivity index (χ4n) is 1.81. The molecule has 0 aliphatic rings. The highest BCUT2D eigenvalue weighted by molar-refractivity contribution is 6.34. The van der Waals surface area contributed by atoms with Crippen LogP contribution >= 0.6 is 11.6 Å². The maximum absolute atomic E-state index is 11.2. The van der Waals surface area contributed by atoms with Gasteiger partial charge in [0, 0.05) is 12.4 Å². The minimum absolute atomic E-state index is 0.0783. The van der Waals surface area contributed by atoms with E-state index in [2.05, 4.69) is 16.5 Å². The Bertz CT molecular complexity index is 646. The van der Waals surface area contributed by atoms with Gasteiger partial charge in [0.2, 0.25) is 0 Å². The Kier molecular flexibility index (Phi) is 5.66. The number of halogens is 1. The van der Waals surface area contributed by atoms with E-state index in [9.17, 15) is 4.79 Å². The summed E-state index contributed by atoms with van der Waals surface area (Å²) < 4.78 is 10.1. The Morgan fingerprint density at radius 2 is 2.05 bits per heavy atom. The van der Waals surface area contributed by atoms with Crippen molar-refractivity contribution in [2.45, 2.75) is 6.42 Å². The Morgan fingerprint density at radius 1 is 1.29 bits per heavy atom. The molecule has 1 aromatic carbocycles. The second-order valence-corrected chi connectivity index (χ2v) is 4.64. The molecule has 2 rings (SSSR count). The Balaban J connectivity index is 1.91. The first-order valence-electron chi connectivity index (χ1n) is 6.44. The smallest absolute Gasteiger partial charge is 0.332 e. The molecule has 0 N–H and O–H groups in total. The van der Waals surface area contributed by atoms with Crippen LogP contribution in [0.5, 0.6) is 0 Å². The molecular formula is C15H15ClN2O3. The number of carbonyl (C=O) groups excluding carboxylic acids is 1. The monoisotopic (exact) mass is 306 g/mol. The van der Waals surface area contributed by atoms with Crippen molar-refractivity contribution >= 4 is 28.6 Å². The number of rotatable bonds is 7. The molecule has 0 fully saturated rings. The van der Waals surface area contributed by atoms with Crippen LogP contribution in [0.2, 0.25) is 5.02 Å². The summed E-state index contributed by atoms with van der Waals surface area (Å²) >= 11 is 6.08. The summed E-state index contributed by atoms with van der Waals surface area (Å²) in [6, 6.07) is 3.67. The lowest BCUT2D eigenvalue weighted by Gasteiger charge is -2.07. The average molecular weight is 307 g/mol. The number of nitrogens with zero attached hydrogens (tertiary/aromatic N) is 2. The van der Waals surface area contributed by atoms with Gasteiger partial charge in [-0.15, -0.1) is 0 Å². The normalized spacial score (nSPS) is 10.5. The van der Waals surface area contributed by atoms with Crippen molar-refractivity contribution < 1.29 is 14.3 Å². The lowest BCUT2D eigenvalue weighted by atomic mass is 10.1. The fraction of sp³-hybridized carbons (Fsp3) is 0.267. The molecule has 0 amide bonds. The van der Waals surface area contributed by atoms with E-state index in [1.54, 1.807) is 18.5 Å². The molecule has 0 bridgehead atoms. The SMILES string of the molecule is C=CCOC(=O)COCCc1ccc(Cl)c2nccnc12. The molecule has 0 atom stereocenters. The van der Waals surface area contributed by atoms with E-state index in [0.717, 1.165) is 11.1 Å². The first kappa shape index (κ1) is 15.4. The van der Waals surface area contributed by atoms with E-state index in [1.165, 1.54) is 6.08 Å². The molecule has 0 unspecified atom stereocenters. The third kappa shape index (κ3) is 4.24. The van der Waals surface area contributed by atoms with Gasteiger partial charge in [-0.1, -0.05) is 30.3 Å². The van der Waals surface area contributed by atoms with Crippen molar-refractivity contribution in [2.24, 2.45) is 0 Å². The number of carbonyl (C=O) groups is 1. The van der Waals surface area contributed by atoms with E-state index < -0.39 is 5.97 Å². The largest absolute Gasteiger partial charge is 0.460 e. The molecule has 21 heavy (non-hydrogen) atoms. The van der Waals surface area contributed by atoms with Crippen LogP contribution < -0.4 is 0 Å². The highest BCUT2D eigenvalue weighted by Crippen LogP contribution is 2.23. The summed E-state index contributed by atoms with van der Waals surface area (Å²) in [6.07, 6.45) is 5.34. The number of esters is 1. The molecule has 0 radical (unpaired) electrons. The van der Waals surface area contributed by atoms with Crippen LogP contribution in [0, 0.1) is 0 Å². The zero-order chi connectivity index (χ0) is 15.1. The van der Waals surface area contributed by atoms with E-state index >= 15 is 0 Å². The number of benzene rings is 1. The van der Waals surface area contributed by atoms with Crippen LogP contribution in [0.4, 0.5) is 0 Å². The molecule has 6 heteroatoms. The van der Waals surface area contributed by atoms with Crippen LogP contribution in [0.15, 0.2) is 37.2 Å². The van der Waals surface area contributed by atoms with Crippen molar-refractivity contribution in [3.63, 3.8) is 0 Å².